The van der Waals surface area contributed by atoms with Crippen LogP contribution in [0.1, 0.15) is 26.2 Å². The van der Waals surface area contributed by atoms with E-state index in [1.165, 1.54) is 11.2 Å². The average Bonchev–Trinajstić information content (AvgIpc) is 2.74. The Morgan fingerprint density at radius 1 is 1.65 bits per heavy atom. The average molecular weight is 260 g/mol. The zero-order valence-electron chi connectivity index (χ0n) is 9.66. The SMILES string of the molecule is CC(C#N)S(=O)(=O)N1CCC(CCC(=O)O)C1. The molecule has 2 atom stereocenters. The van der Waals surface area contributed by atoms with Crippen LogP contribution in [0.25, 0.3) is 0 Å². The number of sulfonamides is 1. The van der Waals surface area contributed by atoms with E-state index in [1.54, 1.807) is 6.07 Å². The molecule has 1 N–H and O–H groups in total. The van der Waals surface area contributed by atoms with Gasteiger partial charge in [0.1, 0.15) is 0 Å². The molecular formula is C10H16N2O4S. The van der Waals surface area contributed by atoms with Gasteiger partial charge in [0.05, 0.1) is 6.07 Å². The molecule has 6 nitrogen and oxygen atoms in total. The highest BCUT2D eigenvalue weighted by atomic mass is 32.2. The highest BCUT2D eigenvalue weighted by Crippen LogP contribution is 2.24. The summed E-state index contributed by atoms with van der Waals surface area (Å²) < 4.78 is 25.0. The van der Waals surface area contributed by atoms with Gasteiger partial charge in [-0.1, -0.05) is 0 Å². The van der Waals surface area contributed by atoms with Gasteiger partial charge in [-0.15, -0.1) is 0 Å². The zero-order valence-corrected chi connectivity index (χ0v) is 10.5. The molecule has 1 fully saturated rings. The molecule has 17 heavy (non-hydrogen) atoms. The molecule has 0 aromatic rings. The molecule has 0 aliphatic carbocycles. The summed E-state index contributed by atoms with van der Waals surface area (Å²) in [7, 11) is -3.54. The van der Waals surface area contributed by atoms with Crippen molar-refractivity contribution in [2.24, 2.45) is 5.92 Å². The normalized spacial score (nSPS) is 23.2. The maximum Gasteiger partial charge on any atom is 0.303 e. The molecule has 0 aromatic heterocycles. The minimum atomic E-state index is -3.54. The van der Waals surface area contributed by atoms with Crippen molar-refractivity contribution >= 4 is 16.0 Å². The van der Waals surface area contributed by atoms with Crippen LogP contribution in [-0.2, 0) is 14.8 Å². The number of nitriles is 1. The van der Waals surface area contributed by atoms with E-state index in [0.29, 0.717) is 25.9 Å². The van der Waals surface area contributed by atoms with E-state index in [2.05, 4.69) is 0 Å². The predicted octanol–water partition coefficient (Wildman–Crippen LogP) is 0.415. The van der Waals surface area contributed by atoms with Crippen molar-refractivity contribution in [1.82, 2.24) is 4.31 Å². The highest BCUT2D eigenvalue weighted by Gasteiger charge is 2.34. The quantitative estimate of drug-likeness (QED) is 0.772. The fourth-order valence-electron chi connectivity index (χ4n) is 1.88. The van der Waals surface area contributed by atoms with Gasteiger partial charge in [-0.2, -0.15) is 5.26 Å². The van der Waals surface area contributed by atoms with E-state index in [-0.39, 0.29) is 12.3 Å². The van der Waals surface area contributed by atoms with Crippen LogP contribution in [0.15, 0.2) is 0 Å². The van der Waals surface area contributed by atoms with E-state index < -0.39 is 21.2 Å². The largest absolute Gasteiger partial charge is 0.481 e. The lowest BCUT2D eigenvalue weighted by Crippen LogP contribution is -2.35. The Hall–Kier alpha value is -1.13. The molecule has 0 bridgehead atoms. The van der Waals surface area contributed by atoms with E-state index in [1.807, 2.05) is 0 Å². The van der Waals surface area contributed by atoms with Crippen molar-refractivity contribution in [2.75, 3.05) is 13.1 Å². The number of rotatable bonds is 5. The van der Waals surface area contributed by atoms with Gasteiger partial charge in [0.2, 0.25) is 10.0 Å². The Morgan fingerprint density at radius 3 is 2.82 bits per heavy atom. The summed E-state index contributed by atoms with van der Waals surface area (Å²) in [6.45, 7) is 2.08. The lowest BCUT2D eigenvalue weighted by molar-refractivity contribution is -0.137. The standard InChI is InChI=1S/C10H16N2O4S/c1-8(6-11)17(15,16)12-5-4-9(7-12)2-3-10(13)14/h8-9H,2-5,7H2,1H3,(H,13,14). The first-order valence-electron chi connectivity index (χ1n) is 5.48. The van der Waals surface area contributed by atoms with Crippen LogP contribution in [0.3, 0.4) is 0 Å². The van der Waals surface area contributed by atoms with E-state index in [0.717, 1.165) is 0 Å². The lowest BCUT2D eigenvalue weighted by Gasteiger charge is -2.17. The molecule has 1 heterocycles. The van der Waals surface area contributed by atoms with Crippen molar-refractivity contribution in [3.8, 4) is 6.07 Å². The summed E-state index contributed by atoms with van der Waals surface area (Å²) in [6, 6.07) is 1.72. The monoisotopic (exact) mass is 260 g/mol. The second-order valence-corrected chi connectivity index (χ2v) is 6.51. The fourth-order valence-corrected chi connectivity index (χ4v) is 3.24. The zero-order chi connectivity index (χ0) is 13.1. The molecule has 1 aliphatic heterocycles. The second kappa shape index (κ2) is 5.47. The minimum Gasteiger partial charge on any atom is -0.481 e. The first-order valence-corrected chi connectivity index (χ1v) is 6.98. The molecule has 7 heteroatoms. The maximum atomic E-state index is 11.8. The molecular weight excluding hydrogens is 244 g/mol. The number of carbonyl (C=O) groups is 1. The molecule has 0 amide bonds. The Balaban J connectivity index is 2.56. The molecule has 0 aromatic carbocycles. The van der Waals surface area contributed by atoms with Gasteiger partial charge in [0.15, 0.2) is 5.25 Å². The van der Waals surface area contributed by atoms with Crippen LogP contribution in [0.5, 0.6) is 0 Å². The van der Waals surface area contributed by atoms with Crippen molar-refractivity contribution in [3.63, 3.8) is 0 Å². The Morgan fingerprint density at radius 2 is 2.29 bits per heavy atom. The minimum absolute atomic E-state index is 0.0619. The van der Waals surface area contributed by atoms with Crippen LogP contribution < -0.4 is 0 Å². The van der Waals surface area contributed by atoms with E-state index in [9.17, 15) is 13.2 Å². The highest BCUT2D eigenvalue weighted by molar-refractivity contribution is 7.89. The topological polar surface area (TPSA) is 98.5 Å². The van der Waals surface area contributed by atoms with Crippen molar-refractivity contribution < 1.29 is 18.3 Å². The van der Waals surface area contributed by atoms with Crippen LogP contribution in [0.2, 0.25) is 0 Å². The van der Waals surface area contributed by atoms with Crippen molar-refractivity contribution in [3.05, 3.63) is 0 Å². The molecule has 2 unspecified atom stereocenters. The summed E-state index contributed by atoms with van der Waals surface area (Å²) in [5.74, 6) is -0.775. The predicted molar refractivity (Wildman–Crippen MR) is 60.5 cm³/mol. The molecule has 0 radical (unpaired) electrons. The molecule has 1 rings (SSSR count). The van der Waals surface area contributed by atoms with Crippen LogP contribution in [0, 0.1) is 17.2 Å². The fraction of sp³-hybridized carbons (Fsp3) is 0.800. The van der Waals surface area contributed by atoms with E-state index >= 15 is 0 Å². The lowest BCUT2D eigenvalue weighted by atomic mass is 10.0. The third-order valence-corrected chi connectivity index (χ3v) is 5.05. The van der Waals surface area contributed by atoms with Gasteiger partial charge in [-0.3, -0.25) is 4.79 Å². The molecule has 96 valence electrons. The number of nitrogens with zero attached hydrogens (tertiary/aromatic N) is 2. The van der Waals surface area contributed by atoms with Gasteiger partial charge in [0, 0.05) is 19.5 Å². The summed E-state index contributed by atoms with van der Waals surface area (Å²) >= 11 is 0. The van der Waals surface area contributed by atoms with Crippen LogP contribution >= 0.6 is 0 Å². The maximum absolute atomic E-state index is 11.8. The second-order valence-electron chi connectivity index (χ2n) is 4.26. The first kappa shape index (κ1) is 13.9. The Labute approximate surface area is 101 Å². The molecule has 1 saturated heterocycles. The number of hydrogen-bond acceptors (Lipinski definition) is 4. The number of aliphatic carboxylic acids is 1. The van der Waals surface area contributed by atoms with E-state index in [4.69, 9.17) is 10.4 Å². The smallest absolute Gasteiger partial charge is 0.303 e. The summed E-state index contributed by atoms with van der Waals surface area (Å²) in [4.78, 5) is 10.4. The van der Waals surface area contributed by atoms with Gasteiger partial charge >= 0.3 is 5.97 Å². The van der Waals surface area contributed by atoms with Gasteiger partial charge in [-0.05, 0) is 25.7 Å². The Kier molecular flexibility index (Phi) is 4.48. The number of hydrogen-bond donors (Lipinski definition) is 1. The number of carboxylic acid groups (broad SMARTS) is 1. The van der Waals surface area contributed by atoms with Gasteiger partial charge in [-0.25, -0.2) is 12.7 Å². The third kappa shape index (κ3) is 3.41. The van der Waals surface area contributed by atoms with Crippen LogP contribution in [0.4, 0.5) is 0 Å². The number of carboxylic acids is 1. The van der Waals surface area contributed by atoms with Crippen molar-refractivity contribution in [2.45, 2.75) is 31.4 Å². The Bertz CT molecular complexity index is 426. The molecule has 1 aliphatic rings. The molecule has 0 saturated carbocycles. The van der Waals surface area contributed by atoms with Crippen LogP contribution in [-0.4, -0.2) is 42.1 Å². The van der Waals surface area contributed by atoms with Crippen molar-refractivity contribution in [1.29, 1.82) is 5.26 Å². The summed E-state index contributed by atoms with van der Waals surface area (Å²) in [6.07, 6.45) is 1.22. The van der Waals surface area contributed by atoms with Gasteiger partial charge < -0.3 is 5.11 Å². The summed E-state index contributed by atoms with van der Waals surface area (Å²) in [5, 5.41) is 16.1. The molecule has 0 spiro atoms. The first-order chi connectivity index (χ1) is 7.87. The third-order valence-electron chi connectivity index (χ3n) is 3.00. The summed E-state index contributed by atoms with van der Waals surface area (Å²) in [5.41, 5.74) is 0. The van der Waals surface area contributed by atoms with Gasteiger partial charge in [0.25, 0.3) is 0 Å².